The summed E-state index contributed by atoms with van der Waals surface area (Å²) in [6.45, 7) is 2.14. The third kappa shape index (κ3) is 5.48. The number of ether oxygens (including phenoxy) is 2. The lowest BCUT2D eigenvalue weighted by atomic mass is 10.2. The molecule has 9 heteroatoms. The lowest BCUT2D eigenvalue weighted by molar-refractivity contribution is 0.102. The average molecular weight is 461 g/mol. The van der Waals surface area contributed by atoms with Gasteiger partial charge in [0, 0.05) is 10.6 Å². The van der Waals surface area contributed by atoms with Gasteiger partial charge < -0.3 is 14.8 Å². The molecule has 0 aromatic heterocycles. The van der Waals surface area contributed by atoms with Crippen LogP contribution in [0, 0.1) is 0 Å². The van der Waals surface area contributed by atoms with Crippen LogP contribution in [0.5, 0.6) is 11.5 Å². The third-order valence-corrected chi connectivity index (χ3v) is 5.85. The highest BCUT2D eigenvalue weighted by molar-refractivity contribution is 7.92. The van der Waals surface area contributed by atoms with Crippen LogP contribution in [0.2, 0.25) is 5.02 Å². The highest BCUT2D eigenvalue weighted by atomic mass is 35.5. The molecule has 31 heavy (non-hydrogen) atoms. The molecule has 1 amide bonds. The van der Waals surface area contributed by atoms with E-state index in [2.05, 4.69) is 10.0 Å². The van der Waals surface area contributed by atoms with Gasteiger partial charge in [0.15, 0.2) is 0 Å². The smallest absolute Gasteiger partial charge is 0.262 e. The van der Waals surface area contributed by atoms with Gasteiger partial charge in [-0.1, -0.05) is 29.8 Å². The first-order valence-electron chi connectivity index (χ1n) is 9.33. The Morgan fingerprint density at radius 3 is 2.35 bits per heavy atom. The molecule has 162 valence electrons. The van der Waals surface area contributed by atoms with Gasteiger partial charge in [-0.25, -0.2) is 8.42 Å². The molecule has 0 unspecified atom stereocenters. The van der Waals surface area contributed by atoms with Crippen LogP contribution in [0.3, 0.4) is 0 Å². The lowest BCUT2D eigenvalue weighted by Gasteiger charge is -2.15. The number of rotatable bonds is 8. The first-order valence-corrected chi connectivity index (χ1v) is 11.2. The Morgan fingerprint density at radius 1 is 0.968 bits per heavy atom. The Balaban J connectivity index is 1.95. The van der Waals surface area contributed by atoms with Crippen LogP contribution in [-0.4, -0.2) is 28.0 Å². The zero-order chi connectivity index (χ0) is 22.4. The van der Waals surface area contributed by atoms with Gasteiger partial charge in [-0.05, 0) is 55.5 Å². The number of nitrogens with one attached hydrogen (secondary N) is 2. The molecule has 3 aromatic carbocycles. The van der Waals surface area contributed by atoms with Crippen molar-refractivity contribution >= 4 is 38.9 Å². The molecule has 2 N–H and O–H groups in total. The fourth-order valence-electron chi connectivity index (χ4n) is 2.80. The highest BCUT2D eigenvalue weighted by Crippen LogP contribution is 2.32. The number of anilines is 2. The summed E-state index contributed by atoms with van der Waals surface area (Å²) >= 11 is 5.99. The summed E-state index contributed by atoms with van der Waals surface area (Å²) in [6.07, 6.45) is 0. The van der Waals surface area contributed by atoms with Crippen LogP contribution < -0.4 is 19.5 Å². The molecule has 0 bridgehead atoms. The Bertz CT molecular complexity index is 1180. The topological polar surface area (TPSA) is 93.7 Å². The Hall–Kier alpha value is -3.23. The molecule has 0 aliphatic carbocycles. The maximum atomic E-state index is 13.0. The largest absolute Gasteiger partial charge is 0.495 e. The van der Waals surface area contributed by atoms with Gasteiger partial charge in [-0.2, -0.15) is 0 Å². The predicted molar refractivity (Wildman–Crippen MR) is 121 cm³/mol. The van der Waals surface area contributed by atoms with E-state index in [1.165, 1.54) is 31.4 Å². The number of methoxy groups -OCH3 is 1. The minimum absolute atomic E-state index is 0.0682. The Morgan fingerprint density at radius 2 is 1.68 bits per heavy atom. The number of amides is 1. The molecule has 0 aliphatic heterocycles. The van der Waals surface area contributed by atoms with Gasteiger partial charge >= 0.3 is 0 Å². The standard InChI is InChI=1S/C22H21ClN2O5S/c1-3-30-21-12-10-17(14-18(21)24-22(26)15-7-5-4-6-8-15)31(27,28)25-19-13-16(23)9-11-20(19)29-2/h4-14,25H,3H2,1-2H3,(H,24,26). The molecule has 3 rings (SSSR count). The van der Waals surface area contributed by atoms with Crippen molar-refractivity contribution in [2.75, 3.05) is 23.8 Å². The fraction of sp³-hybridized carbons (Fsp3) is 0.136. The molecule has 0 radical (unpaired) electrons. The van der Waals surface area contributed by atoms with E-state index in [0.29, 0.717) is 28.7 Å². The van der Waals surface area contributed by atoms with Gasteiger partial charge in [0.2, 0.25) is 0 Å². The van der Waals surface area contributed by atoms with Gasteiger partial charge in [0.25, 0.3) is 15.9 Å². The van der Waals surface area contributed by atoms with Crippen LogP contribution in [-0.2, 0) is 10.0 Å². The normalized spacial score (nSPS) is 10.9. The number of benzene rings is 3. The molecule has 0 atom stereocenters. The van der Waals surface area contributed by atoms with Crippen molar-refractivity contribution in [3.8, 4) is 11.5 Å². The SMILES string of the molecule is CCOc1ccc(S(=O)(=O)Nc2cc(Cl)ccc2OC)cc1NC(=O)c1ccccc1. The highest BCUT2D eigenvalue weighted by Gasteiger charge is 2.20. The molecule has 0 aliphatic rings. The van der Waals surface area contributed by atoms with Gasteiger partial charge in [0.05, 0.1) is 30.0 Å². The predicted octanol–water partition coefficient (Wildman–Crippen LogP) is 4.80. The van der Waals surface area contributed by atoms with Gasteiger partial charge in [-0.15, -0.1) is 0 Å². The summed E-state index contributed by atoms with van der Waals surface area (Å²) in [4.78, 5) is 12.5. The summed E-state index contributed by atoms with van der Waals surface area (Å²) < 4.78 is 39.2. The number of halogens is 1. The summed E-state index contributed by atoms with van der Waals surface area (Å²) in [6, 6.07) is 17.4. The van der Waals surface area contributed by atoms with Crippen molar-refractivity contribution in [2.45, 2.75) is 11.8 Å². The zero-order valence-corrected chi connectivity index (χ0v) is 18.5. The van der Waals surface area contributed by atoms with Gasteiger partial charge in [0.1, 0.15) is 11.5 Å². The van der Waals surface area contributed by atoms with Crippen LogP contribution in [0.1, 0.15) is 17.3 Å². The Labute approximate surface area is 186 Å². The maximum Gasteiger partial charge on any atom is 0.262 e. The molecular weight excluding hydrogens is 440 g/mol. The van der Waals surface area contributed by atoms with Crippen molar-refractivity contribution in [1.82, 2.24) is 0 Å². The number of carbonyl (C=O) groups is 1. The average Bonchev–Trinajstić information content (AvgIpc) is 2.75. The number of sulfonamides is 1. The van der Waals surface area contributed by atoms with Crippen LogP contribution in [0.25, 0.3) is 0 Å². The molecule has 0 saturated carbocycles. The molecule has 3 aromatic rings. The second-order valence-electron chi connectivity index (χ2n) is 6.36. The number of carbonyl (C=O) groups excluding carboxylic acids is 1. The minimum Gasteiger partial charge on any atom is -0.495 e. The minimum atomic E-state index is -4.01. The van der Waals surface area contributed by atoms with Crippen LogP contribution in [0.15, 0.2) is 71.6 Å². The van der Waals surface area contributed by atoms with E-state index in [-0.39, 0.29) is 22.2 Å². The molecule has 0 fully saturated rings. The molecule has 7 nitrogen and oxygen atoms in total. The fourth-order valence-corrected chi connectivity index (χ4v) is 4.06. The van der Waals surface area contributed by atoms with Crippen molar-refractivity contribution < 1.29 is 22.7 Å². The molecule has 0 heterocycles. The number of hydrogen-bond acceptors (Lipinski definition) is 5. The summed E-state index contributed by atoms with van der Waals surface area (Å²) in [5.74, 6) is 0.281. The lowest BCUT2D eigenvalue weighted by Crippen LogP contribution is -2.16. The van der Waals surface area contributed by atoms with Gasteiger partial charge in [-0.3, -0.25) is 9.52 Å². The van der Waals surface area contributed by atoms with E-state index in [4.69, 9.17) is 21.1 Å². The quantitative estimate of drug-likeness (QED) is 0.503. The van der Waals surface area contributed by atoms with Crippen molar-refractivity contribution in [1.29, 1.82) is 0 Å². The van der Waals surface area contributed by atoms with Crippen molar-refractivity contribution in [3.05, 3.63) is 77.3 Å². The first kappa shape index (κ1) is 22.5. The molecular formula is C22H21ClN2O5S. The van der Waals surface area contributed by atoms with E-state index in [0.717, 1.165) is 0 Å². The monoisotopic (exact) mass is 460 g/mol. The third-order valence-electron chi connectivity index (χ3n) is 4.25. The summed E-state index contributed by atoms with van der Waals surface area (Å²) in [7, 11) is -2.59. The van der Waals surface area contributed by atoms with E-state index >= 15 is 0 Å². The molecule has 0 saturated heterocycles. The van der Waals surface area contributed by atoms with Crippen molar-refractivity contribution in [3.63, 3.8) is 0 Å². The maximum absolute atomic E-state index is 13.0. The summed E-state index contributed by atoms with van der Waals surface area (Å²) in [5, 5.41) is 3.07. The number of hydrogen-bond donors (Lipinski definition) is 2. The van der Waals surface area contributed by atoms with Crippen LogP contribution >= 0.6 is 11.6 Å². The Kier molecular flexibility index (Phi) is 7.04. The summed E-state index contributed by atoms with van der Waals surface area (Å²) in [5.41, 5.74) is 0.857. The second-order valence-corrected chi connectivity index (χ2v) is 8.48. The second kappa shape index (κ2) is 9.72. The van der Waals surface area contributed by atoms with E-state index < -0.39 is 10.0 Å². The molecule has 0 spiro atoms. The van der Waals surface area contributed by atoms with Crippen LogP contribution in [0.4, 0.5) is 11.4 Å². The zero-order valence-electron chi connectivity index (χ0n) is 16.9. The van der Waals surface area contributed by atoms with E-state index in [1.54, 1.807) is 49.4 Å². The first-order chi connectivity index (χ1) is 14.8. The van der Waals surface area contributed by atoms with Crippen molar-refractivity contribution in [2.24, 2.45) is 0 Å². The van der Waals surface area contributed by atoms with E-state index in [9.17, 15) is 13.2 Å². The van der Waals surface area contributed by atoms with E-state index in [1.807, 2.05) is 0 Å².